The van der Waals surface area contributed by atoms with Crippen LogP contribution in [0.1, 0.15) is 25.3 Å². The zero-order chi connectivity index (χ0) is 14.0. The molecule has 0 aliphatic carbocycles. The van der Waals surface area contributed by atoms with Crippen LogP contribution in [0.4, 0.5) is 4.39 Å². The molecular formula is C14H19BrFN3. The quantitative estimate of drug-likeness (QED) is 0.662. The number of nitrogens with zero attached hydrogens (tertiary/aromatic N) is 1. The first-order chi connectivity index (χ1) is 8.89. The second-order valence-corrected chi connectivity index (χ2v) is 6.44. The molecule has 1 fully saturated rings. The van der Waals surface area contributed by atoms with E-state index in [0.29, 0.717) is 0 Å². The van der Waals surface area contributed by atoms with Crippen molar-refractivity contribution in [3.63, 3.8) is 0 Å². The highest BCUT2D eigenvalue weighted by Crippen LogP contribution is 2.31. The Balaban J connectivity index is 1.97. The molecule has 0 bridgehead atoms. The number of hydrogen-bond acceptors (Lipinski definition) is 2. The van der Waals surface area contributed by atoms with Crippen molar-refractivity contribution < 1.29 is 4.39 Å². The van der Waals surface area contributed by atoms with Crippen LogP contribution in [-0.4, -0.2) is 23.8 Å². The molecule has 1 aromatic rings. The van der Waals surface area contributed by atoms with Gasteiger partial charge in [0.1, 0.15) is 5.82 Å². The Morgan fingerprint density at radius 2 is 2.05 bits per heavy atom. The number of halogens is 2. The summed E-state index contributed by atoms with van der Waals surface area (Å²) in [4.78, 5) is 2.28. The van der Waals surface area contributed by atoms with Gasteiger partial charge < -0.3 is 5.73 Å². The molecule has 0 amide bonds. The fourth-order valence-corrected chi connectivity index (χ4v) is 2.95. The third-order valence-electron chi connectivity index (χ3n) is 3.94. The molecule has 0 unspecified atom stereocenters. The molecule has 0 radical (unpaired) electrons. The summed E-state index contributed by atoms with van der Waals surface area (Å²) >= 11 is 3.31. The van der Waals surface area contributed by atoms with Gasteiger partial charge in [-0.05, 0) is 49.7 Å². The van der Waals surface area contributed by atoms with E-state index < -0.39 is 0 Å². The van der Waals surface area contributed by atoms with E-state index in [-0.39, 0.29) is 17.1 Å². The third kappa shape index (κ3) is 3.54. The van der Waals surface area contributed by atoms with Crippen molar-refractivity contribution in [2.75, 3.05) is 13.1 Å². The van der Waals surface area contributed by atoms with Gasteiger partial charge in [-0.3, -0.25) is 10.3 Å². The van der Waals surface area contributed by atoms with Crippen LogP contribution in [0.15, 0.2) is 22.7 Å². The van der Waals surface area contributed by atoms with Gasteiger partial charge >= 0.3 is 0 Å². The maximum atomic E-state index is 13.3. The number of amidine groups is 1. The number of rotatable bonds is 3. The Labute approximate surface area is 121 Å². The lowest BCUT2D eigenvalue weighted by molar-refractivity contribution is 0.156. The molecule has 3 nitrogen and oxygen atoms in total. The van der Waals surface area contributed by atoms with Crippen LogP contribution in [0, 0.1) is 16.6 Å². The molecule has 1 aliphatic rings. The Morgan fingerprint density at radius 1 is 1.42 bits per heavy atom. The van der Waals surface area contributed by atoms with Gasteiger partial charge in [-0.2, -0.15) is 0 Å². The second-order valence-electron chi connectivity index (χ2n) is 5.53. The van der Waals surface area contributed by atoms with Crippen molar-refractivity contribution in [1.29, 1.82) is 5.41 Å². The van der Waals surface area contributed by atoms with Gasteiger partial charge in [0.2, 0.25) is 0 Å². The van der Waals surface area contributed by atoms with Crippen LogP contribution in [0.5, 0.6) is 0 Å². The summed E-state index contributed by atoms with van der Waals surface area (Å²) in [6.45, 7) is 4.57. The maximum absolute atomic E-state index is 13.3. The average Bonchev–Trinajstić information content (AvgIpc) is 2.31. The lowest BCUT2D eigenvalue weighted by atomic mass is 9.79. The predicted octanol–water partition coefficient (Wildman–Crippen LogP) is 3.13. The van der Waals surface area contributed by atoms with Crippen LogP contribution >= 0.6 is 15.9 Å². The molecule has 0 atom stereocenters. The SMILES string of the molecule is CC1(C(=N)N)CCN(Cc2cc(F)cc(Br)c2)CC1. The number of hydrogen-bond donors (Lipinski definition) is 2. The number of nitrogens with two attached hydrogens (primary N) is 1. The van der Waals surface area contributed by atoms with Crippen LogP contribution in [0.2, 0.25) is 0 Å². The summed E-state index contributed by atoms with van der Waals surface area (Å²) in [5, 5.41) is 7.63. The smallest absolute Gasteiger partial charge is 0.124 e. The van der Waals surface area contributed by atoms with Crippen molar-refractivity contribution >= 4 is 21.8 Å². The molecule has 2 rings (SSSR count). The van der Waals surface area contributed by atoms with Crippen molar-refractivity contribution in [2.45, 2.75) is 26.3 Å². The number of nitrogens with one attached hydrogen (secondary N) is 1. The van der Waals surface area contributed by atoms with Gasteiger partial charge in [0.15, 0.2) is 0 Å². The highest BCUT2D eigenvalue weighted by Gasteiger charge is 2.32. The van der Waals surface area contributed by atoms with Gasteiger partial charge in [-0.1, -0.05) is 22.9 Å². The Bertz CT molecular complexity index is 461. The van der Waals surface area contributed by atoms with Gasteiger partial charge in [-0.15, -0.1) is 0 Å². The average molecular weight is 328 g/mol. The van der Waals surface area contributed by atoms with E-state index in [4.69, 9.17) is 11.1 Å². The highest BCUT2D eigenvalue weighted by atomic mass is 79.9. The van der Waals surface area contributed by atoms with Gasteiger partial charge in [0, 0.05) is 16.4 Å². The zero-order valence-corrected chi connectivity index (χ0v) is 12.6. The normalized spacial score (nSPS) is 19.3. The second kappa shape index (κ2) is 5.59. The standard InChI is InChI=1S/C14H19BrFN3/c1-14(13(17)18)2-4-19(5-3-14)9-10-6-11(15)8-12(16)7-10/h6-8H,2-5,9H2,1H3,(H3,17,18). The minimum Gasteiger partial charge on any atom is -0.387 e. The highest BCUT2D eigenvalue weighted by molar-refractivity contribution is 9.10. The lowest BCUT2D eigenvalue weighted by Crippen LogP contribution is -2.44. The Morgan fingerprint density at radius 3 is 2.58 bits per heavy atom. The molecular weight excluding hydrogens is 309 g/mol. The summed E-state index contributed by atoms with van der Waals surface area (Å²) < 4.78 is 14.1. The number of likely N-dealkylation sites (tertiary alicyclic amines) is 1. The lowest BCUT2D eigenvalue weighted by Gasteiger charge is -2.38. The summed E-state index contributed by atoms with van der Waals surface area (Å²) in [6.07, 6.45) is 1.78. The van der Waals surface area contributed by atoms with Crippen molar-refractivity contribution in [1.82, 2.24) is 4.90 Å². The first-order valence-electron chi connectivity index (χ1n) is 6.41. The largest absolute Gasteiger partial charge is 0.387 e. The molecule has 0 saturated carbocycles. The minimum atomic E-state index is -0.213. The van der Waals surface area contributed by atoms with Crippen LogP contribution in [0.3, 0.4) is 0 Å². The predicted molar refractivity (Wildman–Crippen MR) is 78.6 cm³/mol. The number of piperidine rings is 1. The van der Waals surface area contributed by atoms with E-state index >= 15 is 0 Å². The third-order valence-corrected chi connectivity index (χ3v) is 4.40. The molecule has 19 heavy (non-hydrogen) atoms. The topological polar surface area (TPSA) is 53.1 Å². The maximum Gasteiger partial charge on any atom is 0.124 e. The summed E-state index contributed by atoms with van der Waals surface area (Å²) in [5.41, 5.74) is 6.45. The van der Waals surface area contributed by atoms with Gasteiger partial charge in [0.25, 0.3) is 0 Å². The summed E-state index contributed by atoms with van der Waals surface area (Å²) in [7, 11) is 0. The van der Waals surface area contributed by atoms with E-state index in [0.717, 1.165) is 42.5 Å². The van der Waals surface area contributed by atoms with Crippen molar-refractivity contribution in [3.05, 3.63) is 34.1 Å². The molecule has 3 N–H and O–H groups in total. The molecule has 5 heteroatoms. The minimum absolute atomic E-state index is 0.168. The number of benzene rings is 1. The van der Waals surface area contributed by atoms with E-state index in [1.165, 1.54) is 6.07 Å². The molecule has 104 valence electrons. The van der Waals surface area contributed by atoms with Gasteiger partial charge in [-0.25, -0.2) is 4.39 Å². The summed E-state index contributed by atoms with van der Waals surface area (Å²) in [6, 6.07) is 4.98. The Hall–Kier alpha value is -0.940. The molecule has 0 aromatic heterocycles. The van der Waals surface area contributed by atoms with Crippen molar-refractivity contribution in [3.8, 4) is 0 Å². The van der Waals surface area contributed by atoms with E-state index in [2.05, 4.69) is 20.8 Å². The van der Waals surface area contributed by atoms with Gasteiger partial charge in [0.05, 0.1) is 5.84 Å². The van der Waals surface area contributed by atoms with E-state index in [1.807, 2.05) is 13.0 Å². The fourth-order valence-electron chi connectivity index (χ4n) is 2.43. The van der Waals surface area contributed by atoms with Crippen LogP contribution < -0.4 is 5.73 Å². The van der Waals surface area contributed by atoms with Crippen LogP contribution in [-0.2, 0) is 6.54 Å². The molecule has 1 heterocycles. The molecule has 1 saturated heterocycles. The monoisotopic (exact) mass is 327 g/mol. The van der Waals surface area contributed by atoms with E-state index in [1.54, 1.807) is 6.07 Å². The fraction of sp³-hybridized carbons (Fsp3) is 0.500. The van der Waals surface area contributed by atoms with Crippen LogP contribution in [0.25, 0.3) is 0 Å². The summed E-state index contributed by atoms with van der Waals surface area (Å²) in [5.74, 6) is 0.0654. The zero-order valence-electron chi connectivity index (χ0n) is 11.0. The Kier molecular flexibility index (Phi) is 4.26. The molecule has 1 aromatic carbocycles. The molecule has 0 spiro atoms. The first-order valence-corrected chi connectivity index (χ1v) is 7.20. The van der Waals surface area contributed by atoms with Crippen molar-refractivity contribution in [2.24, 2.45) is 11.1 Å². The van der Waals surface area contributed by atoms with E-state index in [9.17, 15) is 4.39 Å². The first kappa shape index (κ1) is 14.5. The molecule has 1 aliphatic heterocycles.